The molecule has 0 heterocycles. The molecule has 0 amide bonds. The van der Waals surface area contributed by atoms with Crippen molar-refractivity contribution in [1.29, 1.82) is 0 Å². The minimum atomic E-state index is -0.716. The predicted molar refractivity (Wildman–Crippen MR) is 76.7 cm³/mol. The lowest BCUT2D eigenvalue weighted by Crippen LogP contribution is -2.05. The second-order valence-electron chi connectivity index (χ2n) is 3.53. The molecule has 0 unspecified atom stereocenters. The number of hydrogen-bond acceptors (Lipinski definition) is 1. The van der Waals surface area contributed by atoms with Gasteiger partial charge in [-0.25, -0.2) is 4.39 Å². The SMILES string of the molecule is O=C(c1ccccc1Br)c1ccc(Br)c(Cl)c1F. The van der Waals surface area contributed by atoms with E-state index in [4.69, 9.17) is 11.6 Å². The molecule has 0 fully saturated rings. The van der Waals surface area contributed by atoms with Crippen LogP contribution in [0.5, 0.6) is 0 Å². The van der Waals surface area contributed by atoms with E-state index in [1.54, 1.807) is 30.3 Å². The Balaban J connectivity index is 2.54. The molecule has 0 atom stereocenters. The summed E-state index contributed by atoms with van der Waals surface area (Å²) >= 11 is 12.1. The largest absolute Gasteiger partial charge is 0.288 e. The molecule has 0 aliphatic heterocycles. The van der Waals surface area contributed by atoms with Crippen molar-refractivity contribution in [3.8, 4) is 0 Å². The van der Waals surface area contributed by atoms with Crippen LogP contribution in [0, 0.1) is 5.82 Å². The zero-order chi connectivity index (χ0) is 13.3. The number of hydrogen-bond donors (Lipinski definition) is 0. The average molecular weight is 392 g/mol. The average Bonchev–Trinajstić information content (AvgIpc) is 2.36. The fourth-order valence-corrected chi connectivity index (χ4v) is 2.43. The number of ketones is 1. The van der Waals surface area contributed by atoms with Gasteiger partial charge < -0.3 is 0 Å². The summed E-state index contributed by atoms with van der Waals surface area (Å²) in [7, 11) is 0. The highest BCUT2D eigenvalue weighted by Crippen LogP contribution is 2.29. The number of benzene rings is 2. The van der Waals surface area contributed by atoms with Crippen LogP contribution >= 0.6 is 43.5 Å². The van der Waals surface area contributed by atoms with Crippen molar-refractivity contribution in [2.75, 3.05) is 0 Å². The van der Waals surface area contributed by atoms with Crippen LogP contribution in [-0.4, -0.2) is 5.78 Å². The van der Waals surface area contributed by atoms with E-state index in [9.17, 15) is 9.18 Å². The van der Waals surface area contributed by atoms with E-state index < -0.39 is 11.6 Å². The van der Waals surface area contributed by atoms with Crippen molar-refractivity contribution in [3.05, 3.63) is 67.3 Å². The molecular formula is C13H6Br2ClFO. The van der Waals surface area contributed by atoms with Gasteiger partial charge in [-0.05, 0) is 40.2 Å². The molecule has 92 valence electrons. The second-order valence-corrected chi connectivity index (χ2v) is 5.62. The highest BCUT2D eigenvalue weighted by molar-refractivity contribution is 9.10. The van der Waals surface area contributed by atoms with Gasteiger partial charge in [0.2, 0.25) is 0 Å². The molecule has 2 aromatic rings. The maximum absolute atomic E-state index is 13.9. The molecule has 0 spiro atoms. The van der Waals surface area contributed by atoms with Gasteiger partial charge in [-0.1, -0.05) is 39.7 Å². The molecule has 0 saturated carbocycles. The number of carbonyl (C=O) groups excluding carboxylic acids is 1. The molecule has 2 aromatic carbocycles. The van der Waals surface area contributed by atoms with Crippen LogP contribution in [-0.2, 0) is 0 Å². The third-order valence-corrected chi connectivity index (χ3v) is 4.35. The van der Waals surface area contributed by atoms with Crippen LogP contribution in [0.3, 0.4) is 0 Å². The van der Waals surface area contributed by atoms with Crippen LogP contribution in [0.4, 0.5) is 4.39 Å². The molecule has 0 aliphatic rings. The van der Waals surface area contributed by atoms with E-state index in [1.807, 2.05) is 0 Å². The summed E-state index contributed by atoms with van der Waals surface area (Å²) < 4.78 is 15.0. The monoisotopic (exact) mass is 390 g/mol. The van der Waals surface area contributed by atoms with Crippen LogP contribution in [0.1, 0.15) is 15.9 Å². The van der Waals surface area contributed by atoms with E-state index in [0.29, 0.717) is 14.5 Å². The lowest BCUT2D eigenvalue weighted by Gasteiger charge is -2.07. The van der Waals surface area contributed by atoms with Crippen molar-refractivity contribution in [2.24, 2.45) is 0 Å². The maximum atomic E-state index is 13.9. The molecule has 18 heavy (non-hydrogen) atoms. The summed E-state index contributed by atoms with van der Waals surface area (Å²) in [5.41, 5.74) is 0.352. The number of halogens is 4. The number of carbonyl (C=O) groups is 1. The van der Waals surface area contributed by atoms with Crippen LogP contribution in [0.25, 0.3) is 0 Å². The van der Waals surface area contributed by atoms with Crippen LogP contribution < -0.4 is 0 Å². The molecule has 0 aromatic heterocycles. The van der Waals surface area contributed by atoms with Gasteiger partial charge in [-0.3, -0.25) is 4.79 Å². The van der Waals surface area contributed by atoms with Crippen molar-refractivity contribution in [3.63, 3.8) is 0 Å². The molecule has 0 saturated heterocycles. The third kappa shape index (κ3) is 2.51. The van der Waals surface area contributed by atoms with Gasteiger partial charge >= 0.3 is 0 Å². The van der Waals surface area contributed by atoms with Gasteiger partial charge in [0, 0.05) is 14.5 Å². The molecule has 0 N–H and O–H groups in total. The summed E-state index contributed by atoms with van der Waals surface area (Å²) in [5, 5.41) is -0.0899. The second kappa shape index (κ2) is 5.51. The maximum Gasteiger partial charge on any atom is 0.197 e. The van der Waals surface area contributed by atoms with Crippen molar-refractivity contribution >= 4 is 49.2 Å². The Morgan fingerprint density at radius 1 is 1.00 bits per heavy atom. The third-order valence-electron chi connectivity index (χ3n) is 2.40. The first-order valence-corrected chi connectivity index (χ1v) is 6.91. The zero-order valence-corrected chi connectivity index (χ0v) is 12.8. The predicted octanol–water partition coefficient (Wildman–Crippen LogP) is 5.24. The molecule has 0 bridgehead atoms. The van der Waals surface area contributed by atoms with E-state index >= 15 is 0 Å². The minimum absolute atomic E-state index is 0.0462. The quantitative estimate of drug-likeness (QED) is 0.505. The van der Waals surface area contributed by atoms with Gasteiger partial charge in [0.05, 0.1) is 10.6 Å². The van der Waals surface area contributed by atoms with Crippen molar-refractivity contribution in [1.82, 2.24) is 0 Å². The minimum Gasteiger partial charge on any atom is -0.288 e. The topological polar surface area (TPSA) is 17.1 Å². The van der Waals surface area contributed by atoms with Gasteiger partial charge in [0.1, 0.15) is 0 Å². The van der Waals surface area contributed by atoms with Crippen molar-refractivity contribution in [2.45, 2.75) is 0 Å². The van der Waals surface area contributed by atoms with E-state index in [-0.39, 0.29) is 10.6 Å². The lowest BCUT2D eigenvalue weighted by atomic mass is 10.0. The Kier molecular flexibility index (Phi) is 4.20. The first kappa shape index (κ1) is 13.7. The van der Waals surface area contributed by atoms with E-state index in [0.717, 1.165) is 0 Å². The summed E-state index contributed by atoms with van der Waals surface area (Å²) in [6.07, 6.45) is 0. The Morgan fingerprint density at radius 3 is 2.33 bits per heavy atom. The summed E-state index contributed by atoms with van der Waals surface area (Å²) in [6, 6.07) is 9.82. The molecule has 5 heteroatoms. The zero-order valence-electron chi connectivity index (χ0n) is 8.88. The van der Waals surface area contributed by atoms with E-state index in [1.165, 1.54) is 6.07 Å². The Hall–Kier alpha value is -0.710. The summed E-state index contributed by atoms with van der Waals surface area (Å²) in [6.45, 7) is 0. The van der Waals surface area contributed by atoms with Gasteiger partial charge in [0.25, 0.3) is 0 Å². The summed E-state index contributed by atoms with van der Waals surface area (Å²) in [4.78, 5) is 12.2. The first-order valence-electron chi connectivity index (χ1n) is 4.95. The Bertz CT molecular complexity index is 628. The molecule has 2 rings (SSSR count). The van der Waals surface area contributed by atoms with E-state index in [2.05, 4.69) is 31.9 Å². The molecule has 0 radical (unpaired) electrons. The number of rotatable bonds is 2. The van der Waals surface area contributed by atoms with Crippen LogP contribution in [0.15, 0.2) is 45.3 Å². The normalized spacial score (nSPS) is 10.4. The van der Waals surface area contributed by atoms with Crippen LogP contribution in [0.2, 0.25) is 5.02 Å². The molecule has 0 aliphatic carbocycles. The van der Waals surface area contributed by atoms with Gasteiger partial charge in [-0.15, -0.1) is 0 Å². The smallest absolute Gasteiger partial charge is 0.197 e. The first-order chi connectivity index (χ1) is 8.52. The fraction of sp³-hybridized carbons (Fsp3) is 0. The summed E-state index contributed by atoms with van der Waals surface area (Å²) in [5.74, 6) is -1.12. The van der Waals surface area contributed by atoms with Crippen molar-refractivity contribution < 1.29 is 9.18 Å². The highest BCUT2D eigenvalue weighted by atomic mass is 79.9. The molecular weight excluding hydrogens is 386 g/mol. The van der Waals surface area contributed by atoms with Gasteiger partial charge in [0.15, 0.2) is 11.6 Å². The highest BCUT2D eigenvalue weighted by Gasteiger charge is 2.19. The fourth-order valence-electron chi connectivity index (χ4n) is 1.49. The Morgan fingerprint density at radius 2 is 1.67 bits per heavy atom. The standard InChI is InChI=1S/C13H6Br2ClFO/c14-9-4-2-1-3-7(9)13(18)8-5-6-10(15)11(16)12(8)17/h1-6H. The van der Waals surface area contributed by atoms with Gasteiger partial charge in [-0.2, -0.15) is 0 Å². The Labute approximate surface area is 125 Å². The lowest BCUT2D eigenvalue weighted by molar-refractivity contribution is 0.103. The molecule has 1 nitrogen and oxygen atoms in total.